The summed E-state index contributed by atoms with van der Waals surface area (Å²) in [5.41, 5.74) is 1.08. The number of esters is 1. The molecule has 0 bridgehead atoms. The molecule has 23 heavy (non-hydrogen) atoms. The number of nitrogens with one attached hydrogen (secondary N) is 1. The fraction of sp³-hybridized carbons (Fsp3) is 0.650. The van der Waals surface area contributed by atoms with Crippen LogP contribution in [0.5, 0.6) is 0 Å². The monoisotopic (exact) mass is 316 g/mol. The van der Waals surface area contributed by atoms with E-state index in [-0.39, 0.29) is 11.9 Å². The summed E-state index contributed by atoms with van der Waals surface area (Å²) < 4.78 is 5.79. The van der Waals surface area contributed by atoms with Gasteiger partial charge in [-0.1, -0.05) is 37.3 Å². The van der Waals surface area contributed by atoms with Gasteiger partial charge in [-0.15, -0.1) is 0 Å². The third-order valence-electron chi connectivity index (χ3n) is 5.76. The van der Waals surface area contributed by atoms with E-state index >= 15 is 0 Å². The molecule has 3 heteroatoms. The Morgan fingerprint density at radius 1 is 1.17 bits per heavy atom. The minimum atomic E-state index is -0.116. The quantitative estimate of drug-likeness (QED) is 0.847. The van der Waals surface area contributed by atoms with Crippen molar-refractivity contribution in [2.24, 2.45) is 5.92 Å². The van der Waals surface area contributed by atoms with Crippen molar-refractivity contribution in [2.45, 2.75) is 57.4 Å². The number of benzene rings is 1. The van der Waals surface area contributed by atoms with Gasteiger partial charge in [0.05, 0.1) is 31.7 Å². The lowest BCUT2D eigenvalue weighted by Gasteiger charge is -2.41. The first-order valence-electron chi connectivity index (χ1n) is 9.35. The Balaban J connectivity index is 1.57. The molecule has 0 spiro atoms. The van der Waals surface area contributed by atoms with Crippen LogP contribution in [0, 0.1) is 5.92 Å². The minimum absolute atomic E-state index is 0.0402. The minimum Gasteiger partial charge on any atom is -0.465 e. The highest BCUT2D eigenvalue weighted by atomic mass is 16.5. The molecule has 2 aliphatic heterocycles. The Morgan fingerprint density at radius 3 is 2.74 bits per heavy atom. The molecular weight excluding hydrogens is 286 g/mol. The van der Waals surface area contributed by atoms with Gasteiger partial charge in [0.2, 0.25) is 0 Å². The van der Waals surface area contributed by atoms with Crippen molar-refractivity contribution in [1.82, 2.24) is 0 Å². The number of hydrogen-bond acceptors (Lipinski definition) is 2. The van der Waals surface area contributed by atoms with Crippen molar-refractivity contribution in [1.29, 1.82) is 0 Å². The van der Waals surface area contributed by atoms with Crippen LogP contribution >= 0.6 is 0 Å². The third kappa shape index (κ3) is 3.95. The Bertz CT molecular complexity index is 500. The Hall–Kier alpha value is -1.35. The molecule has 2 heterocycles. The molecule has 126 valence electrons. The summed E-state index contributed by atoms with van der Waals surface area (Å²) in [7, 11) is 0. The van der Waals surface area contributed by atoms with Crippen molar-refractivity contribution in [3.63, 3.8) is 0 Å². The van der Waals surface area contributed by atoms with E-state index in [1.165, 1.54) is 45.2 Å². The third-order valence-corrected chi connectivity index (χ3v) is 5.76. The number of quaternary nitrogens is 1. The Labute approximate surface area is 140 Å². The maximum absolute atomic E-state index is 12.5. The molecule has 1 unspecified atom stereocenters. The molecule has 0 aromatic heterocycles. The Morgan fingerprint density at radius 2 is 1.96 bits per heavy atom. The summed E-state index contributed by atoms with van der Waals surface area (Å²) in [6.07, 6.45) is 7.33. The molecular formula is C20H30NO2+. The predicted octanol–water partition coefficient (Wildman–Crippen LogP) is 2.57. The lowest BCUT2D eigenvalue weighted by molar-refractivity contribution is -0.940. The van der Waals surface area contributed by atoms with Crippen LogP contribution in [0.4, 0.5) is 0 Å². The van der Waals surface area contributed by atoms with E-state index in [9.17, 15) is 4.79 Å². The average molecular weight is 316 g/mol. The van der Waals surface area contributed by atoms with Crippen LogP contribution in [-0.2, 0) is 9.53 Å². The highest BCUT2D eigenvalue weighted by molar-refractivity contribution is 5.78. The van der Waals surface area contributed by atoms with Crippen LogP contribution in [-0.4, -0.2) is 31.7 Å². The van der Waals surface area contributed by atoms with Gasteiger partial charge in [-0.05, 0) is 44.1 Å². The van der Waals surface area contributed by atoms with E-state index in [1.54, 1.807) is 4.90 Å². The molecule has 0 amide bonds. The van der Waals surface area contributed by atoms with Crippen molar-refractivity contribution in [3.8, 4) is 0 Å². The molecule has 3 nitrogen and oxygen atoms in total. The first-order chi connectivity index (χ1) is 11.3. The number of rotatable bonds is 5. The second-order valence-electron chi connectivity index (χ2n) is 7.16. The van der Waals surface area contributed by atoms with Gasteiger partial charge < -0.3 is 9.64 Å². The number of carbonyl (C=O) groups is 1. The molecule has 0 aliphatic carbocycles. The smallest absolute Gasteiger partial charge is 0.313 e. The standard InChI is InChI=1S/C20H29NO2/c1-2-18(16-9-4-3-5-10-16)20(22)23-15-17-11-8-14-21-13-7-6-12-19(17)21/h3-5,9-10,17-19H,2,6-8,11-15H2,1H3/p+1/t17-,18-,19+/m0/s1. The SMILES string of the molecule is CC[C@H](C(=O)OC[C@@H]1CCC[NH+]2CCCC[C@H]12)c1ccccc1. The highest BCUT2D eigenvalue weighted by Crippen LogP contribution is 2.24. The predicted molar refractivity (Wildman–Crippen MR) is 91.5 cm³/mol. The van der Waals surface area contributed by atoms with E-state index in [0.29, 0.717) is 12.5 Å². The van der Waals surface area contributed by atoms with Crippen LogP contribution in [0.3, 0.4) is 0 Å². The van der Waals surface area contributed by atoms with Gasteiger partial charge in [0.25, 0.3) is 0 Å². The highest BCUT2D eigenvalue weighted by Gasteiger charge is 2.37. The van der Waals surface area contributed by atoms with Crippen molar-refractivity contribution in [3.05, 3.63) is 35.9 Å². The van der Waals surface area contributed by atoms with Gasteiger partial charge in [-0.2, -0.15) is 0 Å². The molecule has 4 atom stereocenters. The molecule has 1 aromatic rings. The van der Waals surface area contributed by atoms with Gasteiger partial charge in [-0.25, -0.2) is 0 Å². The number of ether oxygens (including phenoxy) is 1. The van der Waals surface area contributed by atoms with Gasteiger partial charge >= 0.3 is 5.97 Å². The van der Waals surface area contributed by atoms with E-state index in [4.69, 9.17) is 4.74 Å². The maximum atomic E-state index is 12.5. The first kappa shape index (κ1) is 16.5. The number of carbonyl (C=O) groups excluding carboxylic acids is 1. The summed E-state index contributed by atoms with van der Waals surface area (Å²) in [4.78, 5) is 14.3. The fourth-order valence-corrected chi connectivity index (χ4v) is 4.49. The van der Waals surface area contributed by atoms with Crippen molar-refractivity contribution in [2.75, 3.05) is 19.7 Å². The molecule has 1 aromatic carbocycles. The van der Waals surface area contributed by atoms with E-state index in [0.717, 1.165) is 18.0 Å². The molecule has 0 radical (unpaired) electrons. The van der Waals surface area contributed by atoms with E-state index in [1.807, 2.05) is 30.3 Å². The van der Waals surface area contributed by atoms with Crippen molar-refractivity contribution < 1.29 is 14.4 Å². The number of hydrogen-bond donors (Lipinski definition) is 1. The summed E-state index contributed by atoms with van der Waals surface area (Å²) in [6, 6.07) is 10.8. The fourth-order valence-electron chi connectivity index (χ4n) is 4.49. The molecule has 1 N–H and O–H groups in total. The van der Waals surface area contributed by atoms with Crippen LogP contribution in [0.25, 0.3) is 0 Å². The van der Waals surface area contributed by atoms with Crippen LogP contribution in [0.1, 0.15) is 56.9 Å². The average Bonchev–Trinajstić information content (AvgIpc) is 2.61. The van der Waals surface area contributed by atoms with Crippen LogP contribution in [0.2, 0.25) is 0 Å². The Kier molecular flexibility index (Phi) is 5.71. The van der Waals surface area contributed by atoms with Gasteiger partial charge in [0, 0.05) is 5.92 Å². The number of fused-ring (bicyclic) bond motifs is 1. The van der Waals surface area contributed by atoms with Gasteiger partial charge in [-0.3, -0.25) is 4.79 Å². The second kappa shape index (κ2) is 7.96. The van der Waals surface area contributed by atoms with Gasteiger partial charge in [0.1, 0.15) is 0 Å². The topological polar surface area (TPSA) is 30.7 Å². The summed E-state index contributed by atoms with van der Waals surface area (Å²) in [5.74, 6) is 0.410. The first-order valence-corrected chi connectivity index (χ1v) is 9.35. The summed E-state index contributed by atoms with van der Waals surface area (Å²) >= 11 is 0. The zero-order valence-electron chi connectivity index (χ0n) is 14.3. The zero-order valence-corrected chi connectivity index (χ0v) is 14.3. The number of piperidine rings is 2. The zero-order chi connectivity index (χ0) is 16.1. The second-order valence-corrected chi connectivity index (χ2v) is 7.16. The maximum Gasteiger partial charge on any atom is 0.313 e. The molecule has 2 aliphatic rings. The summed E-state index contributed by atoms with van der Waals surface area (Å²) in [5, 5.41) is 0. The normalized spacial score (nSPS) is 28.7. The molecule has 2 saturated heterocycles. The van der Waals surface area contributed by atoms with E-state index in [2.05, 4.69) is 6.92 Å². The van der Waals surface area contributed by atoms with E-state index < -0.39 is 0 Å². The van der Waals surface area contributed by atoms with Crippen molar-refractivity contribution >= 4 is 5.97 Å². The summed E-state index contributed by atoms with van der Waals surface area (Å²) in [6.45, 7) is 5.32. The van der Waals surface area contributed by atoms with Crippen LogP contribution in [0.15, 0.2) is 30.3 Å². The largest absolute Gasteiger partial charge is 0.465 e. The lowest BCUT2D eigenvalue weighted by atomic mass is 9.84. The molecule has 0 saturated carbocycles. The van der Waals surface area contributed by atoms with Crippen LogP contribution < -0.4 is 4.90 Å². The molecule has 3 rings (SSSR count). The lowest BCUT2D eigenvalue weighted by Crippen LogP contribution is -3.18. The van der Waals surface area contributed by atoms with Gasteiger partial charge in [0.15, 0.2) is 0 Å². The molecule has 2 fully saturated rings.